The van der Waals surface area contributed by atoms with Crippen LogP contribution in [0.1, 0.15) is 12.8 Å². The van der Waals surface area contributed by atoms with Gasteiger partial charge in [-0.05, 0) is 6.42 Å². The van der Waals surface area contributed by atoms with Gasteiger partial charge in [-0.15, -0.1) is 0 Å². The summed E-state index contributed by atoms with van der Waals surface area (Å²) in [7, 11) is 0.145. The van der Waals surface area contributed by atoms with Gasteiger partial charge in [0.1, 0.15) is 9.84 Å². The van der Waals surface area contributed by atoms with Gasteiger partial charge in [0.25, 0.3) is 0 Å². The van der Waals surface area contributed by atoms with Gasteiger partial charge in [0, 0.05) is 40.0 Å². The second kappa shape index (κ2) is 9.29. The summed E-state index contributed by atoms with van der Waals surface area (Å²) in [5, 5.41) is 0. The maximum absolute atomic E-state index is 11.9. The third kappa shape index (κ3) is 9.38. The minimum atomic E-state index is -3.00. The molecule has 0 fully saturated rings. The topological polar surface area (TPSA) is 72.9 Å². The van der Waals surface area contributed by atoms with E-state index in [1.807, 2.05) is 0 Å². The maximum atomic E-state index is 11.9. The molecule has 0 atom stereocenters. The van der Waals surface area contributed by atoms with Crippen molar-refractivity contribution in [1.82, 2.24) is 4.90 Å². The third-order valence-electron chi connectivity index (χ3n) is 2.39. The number of hydrogen-bond acceptors (Lipinski definition) is 5. The van der Waals surface area contributed by atoms with Crippen LogP contribution in [0.15, 0.2) is 0 Å². The smallest absolute Gasteiger partial charge is 0.222 e. The van der Waals surface area contributed by atoms with Crippen molar-refractivity contribution in [2.75, 3.05) is 52.5 Å². The van der Waals surface area contributed by atoms with Gasteiger partial charge in [-0.2, -0.15) is 0 Å². The SMILES string of the molecule is COCCN(CCOC)C(=O)CCCS(C)(=O)=O. The molecule has 0 radical (unpaired) electrons. The molecule has 6 nitrogen and oxygen atoms in total. The first kappa shape index (κ1) is 17.3. The number of sulfone groups is 1. The van der Waals surface area contributed by atoms with E-state index in [0.717, 1.165) is 0 Å². The molecule has 0 aliphatic carbocycles. The molecule has 0 aromatic rings. The highest BCUT2D eigenvalue weighted by atomic mass is 32.2. The summed E-state index contributed by atoms with van der Waals surface area (Å²) < 4.78 is 31.8. The molecular weight excluding hydrogens is 258 g/mol. The maximum Gasteiger partial charge on any atom is 0.222 e. The molecule has 0 bridgehead atoms. The van der Waals surface area contributed by atoms with Crippen molar-refractivity contribution in [2.24, 2.45) is 0 Å². The predicted octanol–water partition coefficient (Wildman–Crippen LogP) is -0.0674. The van der Waals surface area contributed by atoms with Crippen molar-refractivity contribution in [2.45, 2.75) is 12.8 Å². The van der Waals surface area contributed by atoms with Crippen molar-refractivity contribution >= 4 is 15.7 Å². The average Bonchev–Trinajstić information content (AvgIpc) is 2.27. The van der Waals surface area contributed by atoms with Crippen LogP contribution >= 0.6 is 0 Å². The van der Waals surface area contributed by atoms with E-state index in [-0.39, 0.29) is 18.1 Å². The minimum Gasteiger partial charge on any atom is -0.383 e. The molecule has 108 valence electrons. The van der Waals surface area contributed by atoms with E-state index in [4.69, 9.17) is 9.47 Å². The lowest BCUT2D eigenvalue weighted by molar-refractivity contribution is -0.132. The Kier molecular flexibility index (Phi) is 8.95. The van der Waals surface area contributed by atoms with Crippen LogP contribution in [0.5, 0.6) is 0 Å². The van der Waals surface area contributed by atoms with Crippen LogP contribution in [0.2, 0.25) is 0 Å². The van der Waals surface area contributed by atoms with Gasteiger partial charge in [0.2, 0.25) is 5.91 Å². The fraction of sp³-hybridized carbons (Fsp3) is 0.909. The fourth-order valence-corrected chi connectivity index (χ4v) is 2.08. The van der Waals surface area contributed by atoms with E-state index in [2.05, 4.69) is 0 Å². The zero-order valence-electron chi connectivity index (χ0n) is 11.3. The number of amides is 1. The molecule has 1 amide bonds. The lowest BCUT2D eigenvalue weighted by Gasteiger charge is -2.22. The number of methoxy groups -OCH3 is 2. The van der Waals surface area contributed by atoms with Crippen molar-refractivity contribution in [3.05, 3.63) is 0 Å². The van der Waals surface area contributed by atoms with Gasteiger partial charge in [-0.3, -0.25) is 4.79 Å². The number of ether oxygens (including phenoxy) is 2. The summed E-state index contributed by atoms with van der Waals surface area (Å²) in [6, 6.07) is 0. The first-order chi connectivity index (χ1) is 8.40. The van der Waals surface area contributed by atoms with Crippen LogP contribution in [-0.4, -0.2) is 71.8 Å². The monoisotopic (exact) mass is 281 g/mol. The molecule has 0 aromatic carbocycles. The number of hydrogen-bond donors (Lipinski definition) is 0. The summed E-state index contributed by atoms with van der Waals surface area (Å²) in [5.74, 6) is -0.0195. The van der Waals surface area contributed by atoms with Crippen molar-refractivity contribution in [1.29, 1.82) is 0 Å². The Morgan fingerprint density at radius 1 is 1.11 bits per heavy atom. The number of carbonyl (C=O) groups excluding carboxylic acids is 1. The molecule has 0 aliphatic rings. The van der Waals surface area contributed by atoms with Crippen molar-refractivity contribution in [3.8, 4) is 0 Å². The highest BCUT2D eigenvalue weighted by Gasteiger charge is 2.13. The Hall–Kier alpha value is -0.660. The van der Waals surface area contributed by atoms with Crippen LogP contribution in [-0.2, 0) is 24.1 Å². The van der Waals surface area contributed by atoms with E-state index >= 15 is 0 Å². The quantitative estimate of drug-likeness (QED) is 0.560. The van der Waals surface area contributed by atoms with Crippen molar-refractivity contribution < 1.29 is 22.7 Å². The van der Waals surface area contributed by atoms with Gasteiger partial charge < -0.3 is 14.4 Å². The average molecular weight is 281 g/mol. The zero-order valence-corrected chi connectivity index (χ0v) is 12.2. The van der Waals surface area contributed by atoms with E-state index in [1.54, 1.807) is 19.1 Å². The summed E-state index contributed by atoms with van der Waals surface area (Å²) in [4.78, 5) is 13.5. The molecule has 0 spiro atoms. The lowest BCUT2D eigenvalue weighted by atomic mass is 10.3. The third-order valence-corrected chi connectivity index (χ3v) is 3.42. The first-order valence-electron chi connectivity index (χ1n) is 5.84. The second-order valence-corrected chi connectivity index (χ2v) is 6.36. The van der Waals surface area contributed by atoms with E-state index < -0.39 is 9.84 Å². The van der Waals surface area contributed by atoms with Crippen molar-refractivity contribution in [3.63, 3.8) is 0 Å². The molecule has 0 aromatic heterocycles. The van der Waals surface area contributed by atoms with Crippen LogP contribution in [0.25, 0.3) is 0 Å². The second-order valence-electron chi connectivity index (χ2n) is 4.10. The lowest BCUT2D eigenvalue weighted by Crippen LogP contribution is -2.36. The number of carbonyl (C=O) groups is 1. The van der Waals surface area contributed by atoms with Gasteiger partial charge in [0.15, 0.2) is 0 Å². The Bertz CT molecular complexity index is 320. The van der Waals surface area contributed by atoms with Crippen LogP contribution < -0.4 is 0 Å². The van der Waals surface area contributed by atoms with Gasteiger partial charge in [-0.25, -0.2) is 8.42 Å². The molecule has 0 N–H and O–H groups in total. The molecule has 0 heterocycles. The zero-order chi connectivity index (χ0) is 14.0. The van der Waals surface area contributed by atoms with Gasteiger partial charge in [0.05, 0.1) is 19.0 Å². The van der Waals surface area contributed by atoms with Crippen LogP contribution in [0.3, 0.4) is 0 Å². The summed E-state index contributed by atoms with van der Waals surface area (Å²) in [5.41, 5.74) is 0. The minimum absolute atomic E-state index is 0.0428. The standard InChI is InChI=1S/C11H23NO5S/c1-16-8-6-12(7-9-17-2)11(13)5-4-10-18(3,14)15/h4-10H2,1-3H3. The molecule has 0 unspecified atom stereocenters. The van der Waals surface area contributed by atoms with Crippen LogP contribution in [0, 0.1) is 0 Å². The number of rotatable bonds is 10. The van der Waals surface area contributed by atoms with Gasteiger partial charge in [-0.1, -0.05) is 0 Å². The van der Waals surface area contributed by atoms with Crippen LogP contribution in [0.4, 0.5) is 0 Å². The molecule has 18 heavy (non-hydrogen) atoms. The summed E-state index contributed by atoms with van der Waals surface area (Å²) >= 11 is 0. The molecule has 7 heteroatoms. The Labute approximate surface area is 109 Å². The summed E-state index contributed by atoms with van der Waals surface area (Å²) in [6.07, 6.45) is 1.76. The van der Waals surface area contributed by atoms with Gasteiger partial charge >= 0.3 is 0 Å². The van der Waals surface area contributed by atoms with E-state index in [0.29, 0.717) is 32.7 Å². The highest BCUT2D eigenvalue weighted by molar-refractivity contribution is 7.90. The highest BCUT2D eigenvalue weighted by Crippen LogP contribution is 2.01. The molecule has 0 rings (SSSR count). The molecular formula is C11H23NO5S. The fourth-order valence-electron chi connectivity index (χ4n) is 1.41. The first-order valence-corrected chi connectivity index (χ1v) is 7.90. The van der Waals surface area contributed by atoms with E-state index in [9.17, 15) is 13.2 Å². The molecule has 0 saturated carbocycles. The Balaban J connectivity index is 4.10. The Morgan fingerprint density at radius 3 is 2.00 bits per heavy atom. The predicted molar refractivity (Wildman–Crippen MR) is 69.3 cm³/mol. The Morgan fingerprint density at radius 2 is 1.61 bits per heavy atom. The number of nitrogens with zero attached hydrogens (tertiary/aromatic N) is 1. The summed E-state index contributed by atoms with van der Waals surface area (Å²) in [6.45, 7) is 1.91. The van der Waals surface area contributed by atoms with E-state index in [1.165, 1.54) is 6.26 Å². The normalized spacial score (nSPS) is 11.5. The largest absolute Gasteiger partial charge is 0.383 e. The molecule has 0 aliphatic heterocycles. The molecule has 0 saturated heterocycles.